The number of rotatable bonds is 36. The molecule has 5 heterocycles. The summed E-state index contributed by atoms with van der Waals surface area (Å²) < 4.78 is 407. The molecule has 0 aromatic heterocycles. The summed E-state index contributed by atoms with van der Waals surface area (Å²) in [5, 5.41) is 26.3. The first-order chi connectivity index (χ1) is 44.4. The van der Waals surface area contributed by atoms with Crippen molar-refractivity contribution >= 4 is 94.9 Å². The van der Waals surface area contributed by atoms with Crippen molar-refractivity contribution in [1.82, 2.24) is 9.44 Å². The average Bonchev–Trinajstić information content (AvgIpc) is 0.757. The van der Waals surface area contributed by atoms with Crippen LogP contribution in [-0.4, -0.2) is 339 Å². The largest absolute Gasteiger partial charge is 1.00 e. The number of ether oxygens (including phenoxy) is 16. The van der Waals surface area contributed by atoms with Gasteiger partial charge >= 0.3 is 296 Å². The van der Waals surface area contributed by atoms with E-state index in [1.165, 1.54) is 9.44 Å². The first-order valence-electron chi connectivity index (χ1n) is 25.6. The van der Waals surface area contributed by atoms with Crippen LogP contribution in [0.1, 0.15) is 0 Å². The fourth-order valence-electron chi connectivity index (χ4n) is 10.4. The molecule has 0 spiro atoms. The van der Waals surface area contributed by atoms with Gasteiger partial charge in [0.05, 0.1) is 31.8 Å². The van der Waals surface area contributed by atoms with Crippen molar-refractivity contribution in [3.63, 3.8) is 0 Å². The molecule has 0 unspecified atom stereocenters. The van der Waals surface area contributed by atoms with Crippen LogP contribution in [0, 0.1) is 0 Å². The summed E-state index contributed by atoms with van der Waals surface area (Å²) in [4.78, 5) is 26.3. The van der Waals surface area contributed by atoms with E-state index in [2.05, 4.69) is 25.1 Å². The number of carbonyl (C=O) groups excluding carboxylic acids is 2. The second-order valence-corrected chi connectivity index (χ2v) is 28.1. The van der Waals surface area contributed by atoms with Crippen LogP contribution in [0.3, 0.4) is 0 Å². The molecule has 5 aliphatic heterocycles. The Morgan fingerprint density at radius 1 is 0.290 bits per heavy atom. The molecule has 0 aromatic carbocycles. The fraction of sp³-hybridized carbons (Fsp3) is 0.946. The molecular weight excluding hydrogens is 1760 g/mol. The Morgan fingerprint density at radius 3 is 0.860 bits per heavy atom. The third kappa shape index (κ3) is 39.6. The van der Waals surface area contributed by atoms with Crippen molar-refractivity contribution in [2.45, 2.75) is 153 Å². The van der Waals surface area contributed by atoms with Gasteiger partial charge in [-0.15, -0.1) is 0 Å². The third-order valence-corrected chi connectivity index (χ3v) is 17.5. The van der Waals surface area contributed by atoms with Crippen molar-refractivity contribution < 1.29 is 520 Å². The van der Waals surface area contributed by atoms with Gasteiger partial charge in [0, 0.05) is 49.8 Å². The van der Waals surface area contributed by atoms with Crippen LogP contribution in [0.4, 0.5) is 0 Å². The van der Waals surface area contributed by atoms with E-state index in [0.717, 1.165) is 21.3 Å². The maximum Gasteiger partial charge on any atom is 1.00 e. The van der Waals surface area contributed by atoms with Crippen LogP contribution in [0.2, 0.25) is 0 Å². The smallest absolute Gasteiger partial charge is 0.735 e. The fourth-order valence-corrected chi connectivity index (χ4v) is 13.9. The van der Waals surface area contributed by atoms with Gasteiger partial charge in [-0.25, -0.2) is 76.8 Å². The molecule has 570 valence electrons. The molecule has 0 saturated carbocycles. The van der Waals surface area contributed by atoms with Gasteiger partial charge in [-0.1, -0.05) is 0 Å². The summed E-state index contributed by atoms with van der Waals surface area (Å²) >= 11 is 0. The number of hydrogen-bond donors (Lipinski definition) is 2. The van der Waals surface area contributed by atoms with Crippen molar-refractivity contribution in [2.75, 3.05) is 69.6 Å². The van der Waals surface area contributed by atoms with Crippen molar-refractivity contribution in [3.05, 3.63) is 0 Å². The Morgan fingerprint density at radius 2 is 0.542 bits per heavy atom. The van der Waals surface area contributed by atoms with E-state index in [1.807, 2.05) is 0 Å². The molecule has 0 amide bonds. The van der Waals surface area contributed by atoms with Crippen LogP contribution in [0.15, 0.2) is 0 Å². The van der Waals surface area contributed by atoms with E-state index in [4.69, 9.17) is 75.8 Å². The summed E-state index contributed by atoms with van der Waals surface area (Å²) in [5.74, 6) is -5.17. The summed E-state index contributed by atoms with van der Waals surface area (Å²) in [5.41, 5.74) is 0. The normalized spacial score (nSPS) is 33.5. The van der Waals surface area contributed by atoms with E-state index in [1.54, 1.807) is 0 Å². The van der Waals surface area contributed by atoms with Crippen molar-refractivity contribution in [3.8, 4) is 0 Å². The van der Waals surface area contributed by atoms with Gasteiger partial charge in [-0.3, -0.25) is 25.1 Å². The van der Waals surface area contributed by atoms with Crippen LogP contribution in [0.25, 0.3) is 0 Å². The Balaban J connectivity index is -0.00000255. The monoisotopic (exact) mass is 1810 g/mol. The minimum Gasteiger partial charge on any atom is -0.735 e. The molecule has 0 radical (unpaired) electrons. The minimum atomic E-state index is -6.63. The second-order valence-electron chi connectivity index (χ2n) is 19.6. The van der Waals surface area contributed by atoms with Gasteiger partial charge in [-0.2, -0.15) is 0 Å². The molecule has 5 aliphatic rings. The first-order valence-corrected chi connectivity index (χ1v) is 36.4. The molecule has 5 fully saturated rings. The van der Waals surface area contributed by atoms with Gasteiger partial charge in [0.25, 0.3) is 0 Å². The summed E-state index contributed by atoms with van der Waals surface area (Å²) in [7, 11) is -43.5. The summed E-state index contributed by atoms with van der Waals surface area (Å²) in [6.07, 6.45) is -61.4. The SMILES string of the molecule is CO[C@H]1O[C@@H](COS(=O)(=O)[O-])[C@@H](O[C@@H]2O[C@H](C(=O)[O-])[C@@H](O[C@@H]3O[C@@H](COS(=O)(=O)[O-])[C@@H](O[C@@H]4O[C@@H](C(=O)[O-])[C@@H](O[C@H]5O[C@@H](COS(=O)(=O)[O-])[C@@H](OC)[C@H](OC)[C@H]5NS(=O)(=O)[O-])[C@H](OC)[C@H]4OC)[C@H](OS(=O)(=O)[O-])[C@H]3OS(=O)(=O)[O-])[C@H](OC)[C@H]2OS(=O)(=O)[O-])[C@@H](OC)[C@@H]1NS(=O)(=O)[O-].[Na+].[Na+].[Na+].[Na+].[Na+].[Na+].[Na+].[Na+].[Na+].[Na+]. The van der Waals surface area contributed by atoms with Crippen LogP contribution in [0.5, 0.6) is 0 Å². The molecule has 107 heavy (non-hydrogen) atoms. The van der Waals surface area contributed by atoms with Gasteiger partial charge in [0.2, 0.25) is 62.4 Å². The molecule has 52 nitrogen and oxygen atoms in total. The summed E-state index contributed by atoms with van der Waals surface area (Å²) in [6, 6.07) is -4.43. The molecule has 2 N–H and O–H groups in total. The van der Waals surface area contributed by atoms with Crippen LogP contribution in [-0.2, 0) is 193 Å². The zero-order valence-corrected chi connectivity index (χ0v) is 85.8. The van der Waals surface area contributed by atoms with Crippen LogP contribution < -0.4 is 315 Å². The number of aliphatic carboxylic acids is 2. The zero-order valence-electron chi connectivity index (χ0n) is 59.2. The molecule has 0 aliphatic carbocycles. The number of methoxy groups -OCH3 is 7. The molecule has 5 rings (SSSR count). The zero-order chi connectivity index (χ0) is 73.7. The van der Waals surface area contributed by atoms with Crippen molar-refractivity contribution in [2.24, 2.45) is 0 Å². The van der Waals surface area contributed by atoms with Gasteiger partial charge < -0.3 is 132 Å². The molecule has 5 saturated heterocycles. The maximum absolute atomic E-state index is 13.2. The quantitative estimate of drug-likeness (QED) is 0.0334. The molecular formula is C37H54N2Na10O50S8. The van der Waals surface area contributed by atoms with E-state index < -0.39 is 268 Å². The first kappa shape index (κ1) is 125. The molecule has 70 heteroatoms. The van der Waals surface area contributed by atoms with E-state index in [0.29, 0.717) is 28.4 Å². The Kier molecular flexibility index (Phi) is 62.6. The summed E-state index contributed by atoms with van der Waals surface area (Å²) in [6.45, 7) is -4.91. The Hall–Kier alpha value is 7.26. The van der Waals surface area contributed by atoms with E-state index in [-0.39, 0.29) is 296 Å². The predicted molar refractivity (Wildman–Crippen MR) is 269 cm³/mol. The standard InChI is InChI=1S/C37H64N2O50S8.10Na/c1-68-16-11(8-75-92(50,51)52)79-34(15(19(16)69-2)39-91(47,48)49)83-23-21(71-4)28(73-6)35(85-26(23)31(40)41)82-18-13(10-77-94(56,57)58)80-36(30(89-97(65,66)67)25(18)87-95(59,60)61)84-24-22(72-5)29(88-96(62,63)64)37(86-27(24)32(42)43)81-17-12(9-76-93(53,54)55)78-33(74-7)14(20(17)70-3)38-90(44,45)46;;;;;;;;;;/h11-30,33-39H,8-10H2,1-7H3,(H,40,41)(H,42,43)(H,44,45,46)(H,47,48,49)(H,50,51,52)(H,53,54,55)(H,56,57,58)(H,59,60,61)(H,62,63,64)(H,65,66,67);;;;;;;;;;/q;10*+1/p-10/t11-,12-,13-,14-,15+,16+,17+,18+,19+,20-,21-,22-,23-,24-,25-,26+,27-,28+,29+,30+,33-,34+,35+,36-,37+;;;;;;;;;;/m0........../s1. The molecule has 0 bridgehead atoms. The average molecular weight is 1810 g/mol. The number of carbonyl (C=O) groups is 2. The van der Waals surface area contributed by atoms with Crippen molar-refractivity contribution in [1.29, 1.82) is 0 Å². The molecule has 0 aromatic rings. The number of carboxylic acids is 2. The number of nitrogens with one attached hydrogen (secondary N) is 2. The van der Waals surface area contributed by atoms with Gasteiger partial charge in [0.1, 0.15) is 110 Å². The minimum absolute atomic E-state index is 0. The molecule has 25 atom stereocenters. The van der Waals surface area contributed by atoms with E-state index in [9.17, 15) is 124 Å². The number of hydrogen-bond acceptors (Lipinski definition) is 50. The topological polar surface area (TPSA) is 765 Å². The Labute approximate surface area is 833 Å². The van der Waals surface area contributed by atoms with E-state index >= 15 is 0 Å². The van der Waals surface area contributed by atoms with Crippen LogP contribution >= 0.6 is 0 Å². The Bertz CT molecular complexity index is 3650. The second kappa shape index (κ2) is 53.6. The van der Waals surface area contributed by atoms with Gasteiger partial charge in [-0.05, 0) is 0 Å². The number of carboxylic acid groups (broad SMARTS) is 2. The maximum atomic E-state index is 13.2. The van der Waals surface area contributed by atoms with Gasteiger partial charge in [0.15, 0.2) is 64.3 Å². The third-order valence-electron chi connectivity index (χ3n) is 13.7. The predicted octanol–water partition coefficient (Wildman–Crippen LogP) is -44.8.